The second-order valence-electron chi connectivity index (χ2n) is 8.76. The topological polar surface area (TPSA) is 59.4 Å². The molecule has 0 fully saturated rings. The van der Waals surface area contributed by atoms with Crippen LogP contribution < -0.4 is 10.1 Å². The van der Waals surface area contributed by atoms with Crippen molar-refractivity contribution in [1.82, 2.24) is 20.0 Å². The van der Waals surface area contributed by atoms with E-state index in [0.717, 1.165) is 30.8 Å². The number of amides is 1. The maximum absolute atomic E-state index is 12.8. The van der Waals surface area contributed by atoms with Crippen molar-refractivity contribution in [3.63, 3.8) is 0 Å². The Morgan fingerprint density at radius 1 is 1.16 bits per heavy atom. The molecule has 6 nitrogen and oxygen atoms in total. The number of fused-ring (bicyclic) bond motifs is 1. The number of hydrogen-bond acceptors (Lipinski definition) is 4. The number of aromatic nitrogens is 2. The molecular weight excluding hydrogens is 388 g/mol. The normalized spacial score (nSPS) is 14.2. The monoisotopic (exact) mass is 418 g/mol. The van der Waals surface area contributed by atoms with Gasteiger partial charge in [0.1, 0.15) is 11.4 Å². The van der Waals surface area contributed by atoms with Gasteiger partial charge >= 0.3 is 0 Å². The second-order valence-corrected chi connectivity index (χ2v) is 8.76. The molecule has 0 aliphatic carbocycles. The first kappa shape index (κ1) is 21.1. The van der Waals surface area contributed by atoms with E-state index >= 15 is 0 Å². The van der Waals surface area contributed by atoms with Gasteiger partial charge in [-0.2, -0.15) is 5.10 Å². The summed E-state index contributed by atoms with van der Waals surface area (Å²) < 4.78 is 7.13. The number of carbonyl (C=O) groups is 1. The minimum Gasteiger partial charge on any atom is -0.494 e. The van der Waals surface area contributed by atoms with E-state index in [0.29, 0.717) is 18.0 Å². The van der Waals surface area contributed by atoms with Crippen molar-refractivity contribution >= 4 is 5.91 Å². The van der Waals surface area contributed by atoms with Crippen molar-refractivity contribution in [2.45, 2.75) is 39.3 Å². The van der Waals surface area contributed by atoms with E-state index in [2.05, 4.69) is 53.4 Å². The van der Waals surface area contributed by atoms with Crippen LogP contribution in [0.2, 0.25) is 0 Å². The van der Waals surface area contributed by atoms with E-state index in [4.69, 9.17) is 4.74 Å². The molecule has 0 unspecified atom stereocenters. The fraction of sp³-hybridized carbons (Fsp3) is 0.360. The Labute approximate surface area is 183 Å². The van der Waals surface area contributed by atoms with Gasteiger partial charge in [0.05, 0.1) is 7.11 Å². The minimum atomic E-state index is -0.171. The summed E-state index contributed by atoms with van der Waals surface area (Å²) in [4.78, 5) is 15.2. The van der Waals surface area contributed by atoms with Crippen molar-refractivity contribution in [3.8, 4) is 11.4 Å². The van der Waals surface area contributed by atoms with Crippen molar-refractivity contribution in [3.05, 3.63) is 77.1 Å². The Morgan fingerprint density at radius 3 is 2.71 bits per heavy atom. The molecule has 4 rings (SSSR count). The third-order valence-electron chi connectivity index (χ3n) is 6.07. The molecule has 1 aliphatic heterocycles. The van der Waals surface area contributed by atoms with Crippen molar-refractivity contribution in [1.29, 1.82) is 0 Å². The van der Waals surface area contributed by atoms with E-state index in [1.165, 1.54) is 11.1 Å². The van der Waals surface area contributed by atoms with Gasteiger partial charge in [0.25, 0.3) is 5.91 Å². The minimum absolute atomic E-state index is 0.161. The molecule has 1 aliphatic rings. The maximum atomic E-state index is 12.8. The lowest BCUT2D eigenvalue weighted by atomic mass is 9.94. The van der Waals surface area contributed by atoms with Crippen LogP contribution in [0.5, 0.6) is 5.75 Å². The highest BCUT2D eigenvalue weighted by molar-refractivity contribution is 5.92. The Kier molecular flexibility index (Phi) is 5.83. The van der Waals surface area contributed by atoms with Gasteiger partial charge in [0.2, 0.25) is 0 Å². The molecule has 1 amide bonds. The first-order valence-electron chi connectivity index (χ1n) is 10.7. The molecule has 0 saturated heterocycles. The molecule has 0 atom stereocenters. The number of carbonyl (C=O) groups excluding carboxylic acids is 1. The van der Waals surface area contributed by atoms with Crippen molar-refractivity contribution < 1.29 is 9.53 Å². The molecule has 0 radical (unpaired) electrons. The van der Waals surface area contributed by atoms with Crippen molar-refractivity contribution in [2.24, 2.45) is 0 Å². The molecule has 1 N–H and O–H groups in total. The van der Waals surface area contributed by atoms with Crippen LogP contribution >= 0.6 is 0 Å². The molecule has 0 spiro atoms. The zero-order valence-electron chi connectivity index (χ0n) is 18.7. The Morgan fingerprint density at radius 2 is 1.94 bits per heavy atom. The third-order valence-corrected chi connectivity index (χ3v) is 6.07. The van der Waals surface area contributed by atoms with Gasteiger partial charge in [0.15, 0.2) is 5.69 Å². The van der Waals surface area contributed by atoms with Crippen LogP contribution in [-0.4, -0.2) is 46.3 Å². The highest BCUT2D eigenvalue weighted by atomic mass is 16.5. The van der Waals surface area contributed by atoms with Gasteiger partial charge < -0.3 is 10.1 Å². The predicted octanol–water partition coefficient (Wildman–Crippen LogP) is 3.76. The van der Waals surface area contributed by atoms with E-state index in [9.17, 15) is 4.79 Å². The third kappa shape index (κ3) is 4.49. The standard InChI is InChI=1S/C25H30N4O2/c1-18-9-10-23(31-4)22(15-18)29-14-12-21(27-29)24(30)26-17-25(2,3)28-13-11-19-7-5-6-8-20(19)16-28/h5-10,12,14-15H,11,13,16-17H2,1-4H3,(H,26,30). The first-order valence-corrected chi connectivity index (χ1v) is 10.7. The summed E-state index contributed by atoms with van der Waals surface area (Å²) in [7, 11) is 1.63. The lowest BCUT2D eigenvalue weighted by molar-refractivity contribution is 0.0822. The van der Waals surface area contributed by atoms with Crippen LogP contribution in [-0.2, 0) is 13.0 Å². The summed E-state index contributed by atoms with van der Waals surface area (Å²) in [5.41, 5.74) is 4.94. The SMILES string of the molecule is COc1ccc(C)cc1-n1ccc(C(=O)NCC(C)(C)N2CCc3ccccc3C2)n1. The van der Waals surface area contributed by atoms with E-state index < -0.39 is 0 Å². The Hall–Kier alpha value is -3.12. The maximum Gasteiger partial charge on any atom is 0.271 e. The molecule has 2 aromatic carbocycles. The molecular formula is C25H30N4O2. The number of benzene rings is 2. The summed E-state index contributed by atoms with van der Waals surface area (Å²) >= 11 is 0. The van der Waals surface area contributed by atoms with Crippen LogP contribution in [0.3, 0.4) is 0 Å². The summed E-state index contributed by atoms with van der Waals surface area (Å²) in [5.74, 6) is 0.544. The number of nitrogens with one attached hydrogen (secondary N) is 1. The van der Waals surface area contributed by atoms with Crippen LogP contribution in [0.4, 0.5) is 0 Å². The van der Waals surface area contributed by atoms with Crippen LogP contribution in [0, 0.1) is 6.92 Å². The molecule has 3 aromatic rings. The molecule has 2 heterocycles. The Balaban J connectivity index is 1.42. The second kappa shape index (κ2) is 8.55. The summed E-state index contributed by atoms with van der Waals surface area (Å²) in [5, 5.41) is 7.56. The fourth-order valence-corrected chi connectivity index (χ4v) is 4.07. The summed E-state index contributed by atoms with van der Waals surface area (Å²) in [6, 6.07) is 16.2. The van der Waals surface area contributed by atoms with Crippen LogP contribution in [0.25, 0.3) is 5.69 Å². The molecule has 31 heavy (non-hydrogen) atoms. The lowest BCUT2D eigenvalue weighted by Gasteiger charge is -2.41. The summed E-state index contributed by atoms with van der Waals surface area (Å²) in [6.07, 6.45) is 2.83. The van der Waals surface area contributed by atoms with E-state index in [1.807, 2.05) is 25.1 Å². The number of nitrogens with zero attached hydrogens (tertiary/aromatic N) is 3. The van der Waals surface area contributed by atoms with Gasteiger partial charge in [-0.25, -0.2) is 4.68 Å². The van der Waals surface area contributed by atoms with Gasteiger partial charge in [-0.1, -0.05) is 30.3 Å². The number of aryl methyl sites for hydroxylation is 1. The molecule has 0 saturated carbocycles. The number of rotatable bonds is 6. The molecule has 6 heteroatoms. The Bertz CT molecular complexity index is 1090. The number of ether oxygens (including phenoxy) is 1. The zero-order chi connectivity index (χ0) is 22.0. The smallest absolute Gasteiger partial charge is 0.271 e. The van der Waals surface area contributed by atoms with E-state index in [1.54, 1.807) is 24.1 Å². The molecule has 1 aromatic heterocycles. The summed E-state index contributed by atoms with van der Waals surface area (Å²) in [6.45, 7) is 8.81. The quantitative estimate of drug-likeness (QED) is 0.662. The fourth-order valence-electron chi connectivity index (χ4n) is 4.07. The average molecular weight is 419 g/mol. The van der Waals surface area contributed by atoms with Crippen LogP contribution in [0.15, 0.2) is 54.7 Å². The highest BCUT2D eigenvalue weighted by Gasteiger charge is 2.30. The highest BCUT2D eigenvalue weighted by Crippen LogP contribution is 2.25. The van der Waals surface area contributed by atoms with Gasteiger partial charge in [-0.15, -0.1) is 0 Å². The average Bonchev–Trinajstić information content (AvgIpc) is 3.27. The van der Waals surface area contributed by atoms with E-state index in [-0.39, 0.29) is 11.4 Å². The lowest BCUT2D eigenvalue weighted by Crippen LogP contribution is -2.53. The number of methoxy groups -OCH3 is 1. The molecule has 0 bridgehead atoms. The van der Waals surface area contributed by atoms with Gasteiger partial charge in [-0.05, 0) is 62.1 Å². The number of hydrogen-bond donors (Lipinski definition) is 1. The first-order chi connectivity index (χ1) is 14.9. The van der Waals surface area contributed by atoms with Gasteiger partial charge in [0, 0.05) is 31.4 Å². The largest absolute Gasteiger partial charge is 0.494 e. The molecule has 162 valence electrons. The predicted molar refractivity (Wildman–Crippen MR) is 122 cm³/mol. The van der Waals surface area contributed by atoms with Crippen LogP contribution in [0.1, 0.15) is 41.0 Å². The zero-order valence-corrected chi connectivity index (χ0v) is 18.7. The van der Waals surface area contributed by atoms with Crippen molar-refractivity contribution in [2.75, 3.05) is 20.2 Å². The van der Waals surface area contributed by atoms with Gasteiger partial charge in [-0.3, -0.25) is 9.69 Å².